The zero-order valence-corrected chi connectivity index (χ0v) is 9.99. The Balaban J connectivity index is 3.76. The summed E-state index contributed by atoms with van der Waals surface area (Å²) in [4.78, 5) is 11.6. The predicted octanol–water partition coefficient (Wildman–Crippen LogP) is 1.43. The van der Waals surface area contributed by atoms with Crippen LogP contribution in [0.25, 0.3) is 0 Å². The summed E-state index contributed by atoms with van der Waals surface area (Å²) in [6.07, 6.45) is 0. The largest absolute Gasteiger partial charge is 0.494 e. The van der Waals surface area contributed by atoms with E-state index in [1.165, 1.54) is 4.57 Å². The minimum Gasteiger partial charge on any atom is -0.494 e. The van der Waals surface area contributed by atoms with Crippen molar-refractivity contribution in [1.29, 1.82) is 5.26 Å². The fourth-order valence-corrected chi connectivity index (χ4v) is 1.82. The molecule has 5 heteroatoms. The van der Waals surface area contributed by atoms with E-state index in [2.05, 4.69) is 0 Å². The maximum Gasteiger partial charge on any atom is 0.272 e. The fraction of sp³-hybridized carbons (Fsp3) is 0.333. The monoisotopic (exact) mass is 304 g/mol. The molecule has 74 valence electrons. The third-order valence-electron chi connectivity index (χ3n) is 2.22. The molecule has 0 aliphatic heterocycles. The molecule has 1 rings (SSSR count). The van der Waals surface area contributed by atoms with Crippen molar-refractivity contribution in [3.05, 3.63) is 27.0 Å². The standard InChI is InChI=1S/C9H9IN2O2/c1-5-6(2)8(13)12(4-10)9(14)7(5)3-11/h13H,4H2,1-2H3. The van der Waals surface area contributed by atoms with E-state index < -0.39 is 5.56 Å². The van der Waals surface area contributed by atoms with Gasteiger partial charge in [-0.25, -0.2) is 0 Å². The quantitative estimate of drug-likeness (QED) is 0.630. The molecular formula is C9H9IN2O2. The van der Waals surface area contributed by atoms with Gasteiger partial charge in [-0.15, -0.1) is 0 Å². The molecule has 0 atom stereocenters. The highest BCUT2D eigenvalue weighted by Gasteiger charge is 2.14. The highest BCUT2D eigenvalue weighted by molar-refractivity contribution is 14.1. The first kappa shape index (κ1) is 11.0. The van der Waals surface area contributed by atoms with Crippen LogP contribution >= 0.6 is 22.6 Å². The van der Waals surface area contributed by atoms with E-state index in [1.807, 2.05) is 28.7 Å². The first-order valence-corrected chi connectivity index (χ1v) is 5.46. The van der Waals surface area contributed by atoms with Crippen molar-refractivity contribution in [2.45, 2.75) is 18.4 Å². The molecule has 0 spiro atoms. The molecule has 1 heterocycles. The Bertz CT molecular complexity index is 471. The van der Waals surface area contributed by atoms with Crippen LogP contribution in [0.5, 0.6) is 5.88 Å². The van der Waals surface area contributed by atoms with E-state index in [4.69, 9.17) is 5.26 Å². The summed E-state index contributed by atoms with van der Waals surface area (Å²) in [6, 6.07) is 1.86. The number of nitriles is 1. The van der Waals surface area contributed by atoms with Crippen molar-refractivity contribution in [3.8, 4) is 11.9 Å². The van der Waals surface area contributed by atoms with Crippen LogP contribution in [0.2, 0.25) is 0 Å². The van der Waals surface area contributed by atoms with Gasteiger partial charge in [0.05, 0.1) is 4.55 Å². The second-order valence-corrected chi connectivity index (χ2v) is 3.60. The highest BCUT2D eigenvalue weighted by Crippen LogP contribution is 2.20. The van der Waals surface area contributed by atoms with Gasteiger partial charge in [-0.3, -0.25) is 9.36 Å². The summed E-state index contributed by atoms with van der Waals surface area (Å²) >= 11 is 1.96. The summed E-state index contributed by atoms with van der Waals surface area (Å²) in [5.41, 5.74) is 0.813. The summed E-state index contributed by atoms with van der Waals surface area (Å²) < 4.78 is 1.51. The minimum absolute atomic E-state index is 0.0547. The van der Waals surface area contributed by atoms with Gasteiger partial charge in [0.15, 0.2) is 5.88 Å². The maximum atomic E-state index is 11.6. The van der Waals surface area contributed by atoms with Crippen LogP contribution in [0, 0.1) is 25.2 Å². The van der Waals surface area contributed by atoms with Gasteiger partial charge in [0, 0.05) is 5.56 Å². The molecule has 4 nitrogen and oxygen atoms in total. The molecule has 0 saturated carbocycles. The number of alkyl halides is 1. The van der Waals surface area contributed by atoms with Crippen LogP contribution in [0.1, 0.15) is 16.7 Å². The molecule has 0 amide bonds. The molecule has 0 aromatic carbocycles. The number of hydrogen-bond acceptors (Lipinski definition) is 3. The lowest BCUT2D eigenvalue weighted by atomic mass is 10.1. The van der Waals surface area contributed by atoms with Crippen LogP contribution in [0.4, 0.5) is 0 Å². The lowest BCUT2D eigenvalue weighted by molar-refractivity contribution is 0.417. The molecule has 1 aromatic rings. The fourth-order valence-electron chi connectivity index (χ4n) is 1.19. The van der Waals surface area contributed by atoms with E-state index in [0.717, 1.165) is 0 Å². The van der Waals surface area contributed by atoms with E-state index >= 15 is 0 Å². The van der Waals surface area contributed by atoms with E-state index in [-0.39, 0.29) is 11.4 Å². The molecular weight excluding hydrogens is 295 g/mol. The summed E-state index contributed by atoms with van der Waals surface area (Å²) in [5.74, 6) is -0.0547. The van der Waals surface area contributed by atoms with Crippen molar-refractivity contribution in [3.63, 3.8) is 0 Å². The highest BCUT2D eigenvalue weighted by atomic mass is 127. The van der Waals surface area contributed by atoms with Crippen molar-refractivity contribution in [1.82, 2.24) is 4.57 Å². The third-order valence-corrected chi connectivity index (χ3v) is 2.90. The van der Waals surface area contributed by atoms with Crippen LogP contribution in [-0.4, -0.2) is 9.67 Å². The van der Waals surface area contributed by atoms with Crippen LogP contribution < -0.4 is 5.56 Å². The van der Waals surface area contributed by atoms with Gasteiger partial charge in [0.25, 0.3) is 5.56 Å². The molecule has 0 saturated heterocycles. The van der Waals surface area contributed by atoms with Crippen LogP contribution in [-0.2, 0) is 4.55 Å². The molecule has 0 unspecified atom stereocenters. The topological polar surface area (TPSA) is 66.0 Å². The number of aromatic hydroxyl groups is 1. The molecule has 0 fully saturated rings. The average Bonchev–Trinajstić information content (AvgIpc) is 2.16. The molecule has 0 aliphatic carbocycles. The Morgan fingerprint density at radius 1 is 1.50 bits per heavy atom. The van der Waals surface area contributed by atoms with Gasteiger partial charge in [-0.2, -0.15) is 5.26 Å². The molecule has 0 bridgehead atoms. The Morgan fingerprint density at radius 3 is 2.50 bits per heavy atom. The van der Waals surface area contributed by atoms with Gasteiger partial charge in [0.2, 0.25) is 0 Å². The summed E-state index contributed by atoms with van der Waals surface area (Å²) in [5, 5.41) is 18.4. The number of pyridine rings is 1. The van der Waals surface area contributed by atoms with E-state index in [0.29, 0.717) is 15.7 Å². The van der Waals surface area contributed by atoms with Gasteiger partial charge < -0.3 is 5.11 Å². The number of aromatic nitrogens is 1. The van der Waals surface area contributed by atoms with E-state index in [1.54, 1.807) is 13.8 Å². The Labute approximate surface area is 94.9 Å². The lowest BCUT2D eigenvalue weighted by Gasteiger charge is -2.10. The Hall–Kier alpha value is -1.03. The van der Waals surface area contributed by atoms with E-state index in [9.17, 15) is 9.90 Å². The van der Waals surface area contributed by atoms with Crippen molar-refractivity contribution in [2.75, 3.05) is 0 Å². The molecule has 0 radical (unpaired) electrons. The summed E-state index contributed by atoms with van der Waals surface area (Å²) in [6.45, 7) is 3.35. The maximum absolute atomic E-state index is 11.6. The zero-order chi connectivity index (χ0) is 10.9. The van der Waals surface area contributed by atoms with Crippen molar-refractivity contribution < 1.29 is 5.11 Å². The van der Waals surface area contributed by atoms with Crippen molar-refractivity contribution >= 4 is 22.6 Å². The van der Waals surface area contributed by atoms with Crippen molar-refractivity contribution in [2.24, 2.45) is 0 Å². The number of hydrogen-bond donors (Lipinski definition) is 1. The smallest absolute Gasteiger partial charge is 0.272 e. The van der Waals surface area contributed by atoms with Gasteiger partial charge >= 0.3 is 0 Å². The first-order chi connectivity index (χ1) is 6.54. The number of rotatable bonds is 1. The third kappa shape index (κ3) is 1.50. The predicted molar refractivity (Wildman–Crippen MR) is 60.6 cm³/mol. The summed E-state index contributed by atoms with van der Waals surface area (Å²) in [7, 11) is 0. The number of nitrogens with zero attached hydrogens (tertiary/aromatic N) is 2. The Kier molecular flexibility index (Phi) is 3.16. The Morgan fingerprint density at radius 2 is 2.07 bits per heavy atom. The molecule has 1 aromatic heterocycles. The lowest BCUT2D eigenvalue weighted by Crippen LogP contribution is -2.23. The normalized spacial score (nSPS) is 9.86. The first-order valence-electron chi connectivity index (χ1n) is 3.93. The molecule has 0 aliphatic rings. The van der Waals surface area contributed by atoms with Crippen LogP contribution in [0.3, 0.4) is 0 Å². The van der Waals surface area contributed by atoms with Gasteiger partial charge in [-0.05, 0) is 19.4 Å². The second-order valence-electron chi connectivity index (χ2n) is 2.91. The van der Waals surface area contributed by atoms with Crippen LogP contribution in [0.15, 0.2) is 4.79 Å². The molecule has 1 N–H and O–H groups in total. The van der Waals surface area contributed by atoms with Gasteiger partial charge in [0.1, 0.15) is 11.6 Å². The zero-order valence-electron chi connectivity index (χ0n) is 7.83. The SMILES string of the molecule is Cc1c(C)c(O)n(CI)c(=O)c1C#N. The average molecular weight is 304 g/mol. The van der Waals surface area contributed by atoms with Gasteiger partial charge in [-0.1, -0.05) is 22.6 Å². The molecule has 14 heavy (non-hydrogen) atoms. The number of halogens is 1. The second kappa shape index (κ2) is 4.00. The minimum atomic E-state index is -0.428.